The average Bonchev–Trinajstić information content (AvgIpc) is 1.76. The molecule has 0 amide bonds. The van der Waals surface area contributed by atoms with Crippen molar-refractivity contribution in [3.05, 3.63) is 18.5 Å². The maximum atomic E-state index is 3.60. The van der Waals surface area contributed by atoms with Crippen LogP contribution in [0.25, 0.3) is 0 Å². The molecule has 0 radical (unpaired) electrons. The standard InChI is InChI=1S/C3H4N2.Rn/c1-2-4-5-3-1;/h1-3H,(H,4,5);. The topological polar surface area (TPSA) is 28.7 Å². The first kappa shape index (κ1) is 7.33. The second kappa shape index (κ2) is 4.48. The first-order valence-corrected chi connectivity index (χ1v) is 1.44. The predicted octanol–water partition coefficient (Wildman–Crippen LogP) is 0.410. The maximum Gasteiger partial charge on any atom is 0.0487 e. The van der Waals surface area contributed by atoms with Gasteiger partial charge in [-0.3, -0.25) is 5.10 Å². The van der Waals surface area contributed by atoms with Gasteiger partial charge < -0.3 is 0 Å². The Hall–Kier alpha value is 1.33. The van der Waals surface area contributed by atoms with E-state index in [0.717, 1.165) is 0 Å². The van der Waals surface area contributed by atoms with E-state index in [-0.39, 0.29) is 71.9 Å². The second-order valence-electron chi connectivity index (χ2n) is 0.766. The molecule has 0 bridgehead atoms. The Morgan fingerprint density at radius 2 is 2.33 bits per heavy atom. The van der Waals surface area contributed by atoms with E-state index in [2.05, 4.69) is 10.2 Å². The van der Waals surface area contributed by atoms with Crippen molar-refractivity contribution in [1.29, 1.82) is 0 Å². The summed E-state index contributed by atoms with van der Waals surface area (Å²) in [5.41, 5.74) is 0. The first-order chi connectivity index (χ1) is 2.50. The number of rotatable bonds is 0. The molecule has 0 aliphatic carbocycles. The summed E-state index contributed by atoms with van der Waals surface area (Å²) in [6.07, 6.45) is 3.46. The van der Waals surface area contributed by atoms with Crippen molar-refractivity contribution in [3.8, 4) is 0 Å². The molecule has 0 spiro atoms. The third-order valence-electron chi connectivity index (χ3n) is 0.406. The molecule has 1 rings (SSSR count). The summed E-state index contributed by atoms with van der Waals surface area (Å²) in [6, 6.07) is 1.83. The minimum atomic E-state index is 0. The van der Waals surface area contributed by atoms with Gasteiger partial charge in [0.25, 0.3) is 0 Å². The molecule has 0 aliphatic heterocycles. The fraction of sp³-hybridized carbons (Fsp3) is 0. The number of hydrogen-bond donors (Lipinski definition) is 1. The van der Waals surface area contributed by atoms with Gasteiger partial charge in [-0.2, -0.15) is 5.10 Å². The zero-order valence-electron chi connectivity index (χ0n) is 3.03. The summed E-state index contributed by atoms with van der Waals surface area (Å²) in [5, 5.41) is 6.21. The van der Waals surface area contributed by atoms with Crippen LogP contribution >= 0.6 is 0 Å². The Morgan fingerprint density at radius 1 is 1.50 bits per heavy atom. The number of aromatic amines is 1. The molecule has 34 valence electrons. The molecule has 0 unspecified atom stereocenters. The van der Waals surface area contributed by atoms with Crippen LogP contribution < -0.4 is 0 Å². The maximum absolute atomic E-state index is 3.60. The molecule has 0 fully saturated rings. The average molecular weight is 290 g/mol. The van der Waals surface area contributed by atoms with E-state index < -0.39 is 0 Å². The molecule has 1 N–H and O–H groups in total. The van der Waals surface area contributed by atoms with Crippen LogP contribution in [0.5, 0.6) is 0 Å². The van der Waals surface area contributed by atoms with Gasteiger partial charge in [-0.15, -0.1) is 0 Å². The van der Waals surface area contributed by atoms with Gasteiger partial charge in [-0.25, -0.2) is 0 Å². The van der Waals surface area contributed by atoms with Gasteiger partial charge in [0.15, 0.2) is 0 Å². The molecule has 0 aliphatic rings. The van der Waals surface area contributed by atoms with Crippen LogP contribution in [0.4, 0.5) is 0 Å². The Kier molecular flexibility index (Phi) is 5.48. The Bertz CT molecular complexity index is 65.3. The van der Waals surface area contributed by atoms with E-state index in [4.69, 9.17) is 0 Å². The number of hydrogen-bond acceptors (Lipinski definition) is 1. The van der Waals surface area contributed by atoms with Crippen molar-refractivity contribution in [3.63, 3.8) is 0 Å². The fourth-order valence-electron chi connectivity index (χ4n) is 0.215. The van der Waals surface area contributed by atoms with Gasteiger partial charge in [0.2, 0.25) is 0 Å². The van der Waals surface area contributed by atoms with Crippen LogP contribution in [-0.2, 0) is 0 Å². The van der Waals surface area contributed by atoms with Gasteiger partial charge in [0, 0.05) is 84.3 Å². The smallest absolute Gasteiger partial charge is 0.0487 e. The number of nitrogens with zero attached hydrogens (tertiary/aromatic N) is 1. The van der Waals surface area contributed by atoms with Gasteiger partial charge in [0.05, 0.1) is 0 Å². The van der Waals surface area contributed by atoms with Crippen LogP contribution in [0.15, 0.2) is 18.5 Å². The zero-order valence-corrected chi connectivity index (χ0v) is 5.78. The van der Waals surface area contributed by atoms with E-state index in [9.17, 15) is 0 Å². The minimum absolute atomic E-state index is 0. The summed E-state index contributed by atoms with van der Waals surface area (Å²) in [4.78, 5) is 0. The van der Waals surface area contributed by atoms with Crippen molar-refractivity contribution in [2.75, 3.05) is 0 Å². The minimum Gasteiger partial charge on any atom is -0.286 e. The summed E-state index contributed by atoms with van der Waals surface area (Å²) in [7, 11) is 0. The number of nitrogens with one attached hydrogen (secondary N) is 1. The molecule has 1 aromatic heterocycles. The normalized spacial score (nSPS) is 6.67. The molecule has 0 aromatic carbocycles. The van der Waals surface area contributed by atoms with Crippen molar-refractivity contribution < 1.29 is 71.9 Å². The molecular formula is C3H4N2Rn. The Balaban J connectivity index is 0.000000250. The third kappa shape index (κ3) is 2.49. The van der Waals surface area contributed by atoms with E-state index >= 15 is 0 Å². The Labute approximate surface area is 97.9 Å². The van der Waals surface area contributed by atoms with E-state index in [1.807, 2.05) is 6.07 Å². The van der Waals surface area contributed by atoms with Gasteiger partial charge in [-0.1, -0.05) is 0 Å². The van der Waals surface area contributed by atoms with Crippen molar-refractivity contribution >= 4 is 0 Å². The summed E-state index contributed by atoms with van der Waals surface area (Å²) in [5.74, 6) is 0. The van der Waals surface area contributed by atoms with Gasteiger partial charge >= 0.3 is 0 Å². The molecule has 1 heterocycles. The summed E-state index contributed by atoms with van der Waals surface area (Å²) in [6.45, 7) is 0. The van der Waals surface area contributed by atoms with Crippen LogP contribution in [0.3, 0.4) is 0 Å². The quantitative estimate of drug-likeness (QED) is 0.736. The fourth-order valence-corrected chi connectivity index (χ4v) is 0.215. The molecular weight excluding hydrogens is 286 g/mol. The molecule has 2 nitrogen and oxygen atoms in total. The summed E-state index contributed by atoms with van der Waals surface area (Å²) < 4.78 is 0. The van der Waals surface area contributed by atoms with Crippen LogP contribution in [0.1, 0.15) is 0 Å². The largest absolute Gasteiger partial charge is 0.286 e. The first-order valence-electron chi connectivity index (χ1n) is 1.44. The SMILES string of the molecule is [Rn].c1cn[nH]c1. The van der Waals surface area contributed by atoms with Crippen LogP contribution in [0, 0.1) is 71.9 Å². The van der Waals surface area contributed by atoms with E-state index in [1.54, 1.807) is 12.4 Å². The molecule has 0 atom stereocenters. The van der Waals surface area contributed by atoms with Crippen LogP contribution in [0.2, 0.25) is 0 Å². The third-order valence-corrected chi connectivity index (χ3v) is 0.406. The number of aromatic nitrogens is 2. The Morgan fingerprint density at radius 3 is 2.50 bits per heavy atom. The second-order valence-corrected chi connectivity index (χ2v) is 0.766. The van der Waals surface area contributed by atoms with Gasteiger partial charge in [-0.05, 0) is 6.07 Å². The van der Waals surface area contributed by atoms with Crippen LogP contribution in [-0.4, -0.2) is 10.2 Å². The predicted molar refractivity (Wildman–Crippen MR) is 18.6 cm³/mol. The molecule has 3 heteroatoms. The molecule has 6 heavy (non-hydrogen) atoms. The monoisotopic (exact) mass is 290 g/mol. The van der Waals surface area contributed by atoms with Gasteiger partial charge in [0.1, 0.15) is 0 Å². The van der Waals surface area contributed by atoms with E-state index in [1.165, 1.54) is 0 Å². The zero-order chi connectivity index (χ0) is 3.54. The van der Waals surface area contributed by atoms with Crippen molar-refractivity contribution in [2.24, 2.45) is 0 Å². The van der Waals surface area contributed by atoms with Crippen molar-refractivity contribution in [2.45, 2.75) is 0 Å². The van der Waals surface area contributed by atoms with Crippen molar-refractivity contribution in [1.82, 2.24) is 10.2 Å². The van der Waals surface area contributed by atoms with E-state index in [0.29, 0.717) is 0 Å². The summed E-state index contributed by atoms with van der Waals surface area (Å²) >= 11 is 0. The molecule has 0 saturated carbocycles. The molecule has 0 saturated heterocycles. The number of H-pyrrole nitrogens is 1. The molecule has 1 aromatic rings.